The molecule has 11 rings (SSSR count). The molecule has 0 atom stereocenters. The van der Waals surface area contributed by atoms with Gasteiger partial charge in [-0.15, -0.1) is 0 Å². The average Bonchev–Trinajstić information content (AvgIpc) is 3.86. The fourth-order valence-corrected chi connectivity index (χ4v) is 8.92. The molecule has 2 N–H and O–H groups in total. The number of hydrogen-bond donors (Lipinski definition) is 1. The number of fused-ring (bicyclic) bond motifs is 6. The largest absolute Gasteiger partial charge is 0.398 e. The van der Waals surface area contributed by atoms with E-state index >= 15 is 0 Å². The minimum atomic E-state index is 0.559. The van der Waals surface area contributed by atoms with Gasteiger partial charge in [-0.3, -0.25) is 4.99 Å². The van der Waals surface area contributed by atoms with Crippen LogP contribution in [-0.2, 0) is 6.54 Å². The summed E-state index contributed by atoms with van der Waals surface area (Å²) in [6.07, 6.45) is 1.99. The van der Waals surface area contributed by atoms with Gasteiger partial charge in [-0.25, -0.2) is 0 Å². The third kappa shape index (κ3) is 6.74. The molecule has 4 heteroatoms. The zero-order valence-corrected chi connectivity index (χ0v) is 34.1. The first kappa shape index (κ1) is 36.8. The molecule has 0 fully saturated rings. The molecule has 0 aliphatic rings. The van der Waals surface area contributed by atoms with E-state index in [9.17, 15) is 0 Å². The number of para-hydroxylation sites is 2. The molecular formula is C58H42N4. The highest BCUT2D eigenvalue weighted by Crippen LogP contribution is 2.38. The second kappa shape index (κ2) is 15.8. The molecule has 9 aromatic carbocycles. The molecule has 2 heterocycles. The lowest BCUT2D eigenvalue weighted by Crippen LogP contribution is -2.05. The van der Waals surface area contributed by atoms with Crippen LogP contribution >= 0.6 is 0 Å². The molecule has 0 amide bonds. The van der Waals surface area contributed by atoms with Crippen LogP contribution < -0.4 is 5.73 Å². The fraction of sp³-hybridized carbons (Fsp3) is 0.0172. The van der Waals surface area contributed by atoms with Crippen molar-refractivity contribution in [2.75, 3.05) is 0 Å². The summed E-state index contributed by atoms with van der Waals surface area (Å²) in [5, 5.41) is 4.91. The summed E-state index contributed by atoms with van der Waals surface area (Å²) in [5.41, 5.74) is 23.0. The number of rotatable bonds is 9. The standard InChI is InChI=1S/C58H42N4/c59-53(43-18-8-3-9-19-43)38-54(60-39-40-14-4-1-5-15-40)44-26-32-48(33-27-44)62-56-23-13-11-21-50(56)52-37-46(29-35-58(52)62)45-28-34-57-51(36-45)49-20-10-12-22-55(49)61(57)47-30-24-42(25-31-47)41-16-6-2-7-17-41/h1-38H,39,59H2/b53-38-,60-54+. The maximum atomic E-state index is 6.66. The summed E-state index contributed by atoms with van der Waals surface area (Å²) in [7, 11) is 0. The van der Waals surface area contributed by atoms with Gasteiger partial charge in [-0.2, -0.15) is 0 Å². The molecule has 2 aromatic heterocycles. The summed E-state index contributed by atoms with van der Waals surface area (Å²) < 4.78 is 4.75. The lowest BCUT2D eigenvalue weighted by Gasteiger charge is -2.11. The van der Waals surface area contributed by atoms with Gasteiger partial charge in [0.05, 0.1) is 34.3 Å². The molecule has 62 heavy (non-hydrogen) atoms. The number of nitrogens with two attached hydrogens (primary N) is 1. The van der Waals surface area contributed by atoms with E-state index in [-0.39, 0.29) is 0 Å². The highest BCUT2D eigenvalue weighted by molar-refractivity contribution is 6.14. The Hall–Kier alpha value is -8.21. The van der Waals surface area contributed by atoms with E-state index < -0.39 is 0 Å². The van der Waals surface area contributed by atoms with Crippen LogP contribution in [0.3, 0.4) is 0 Å². The summed E-state index contributed by atoms with van der Waals surface area (Å²) in [6, 6.07) is 79.8. The number of aromatic nitrogens is 2. The average molecular weight is 795 g/mol. The quantitative estimate of drug-likeness (QED) is 0.145. The highest BCUT2D eigenvalue weighted by Gasteiger charge is 2.17. The second-order valence-corrected chi connectivity index (χ2v) is 15.8. The Morgan fingerprint density at radius 3 is 1.39 bits per heavy atom. The molecule has 0 saturated carbocycles. The van der Waals surface area contributed by atoms with Gasteiger partial charge >= 0.3 is 0 Å². The van der Waals surface area contributed by atoms with Crippen LogP contribution in [0.4, 0.5) is 0 Å². The van der Waals surface area contributed by atoms with Crippen molar-refractivity contribution in [1.29, 1.82) is 0 Å². The maximum Gasteiger partial charge on any atom is 0.0671 e. The Balaban J connectivity index is 0.966. The Morgan fingerprint density at radius 2 is 0.823 bits per heavy atom. The molecule has 0 saturated heterocycles. The molecule has 294 valence electrons. The molecule has 0 bridgehead atoms. The lowest BCUT2D eigenvalue weighted by molar-refractivity contribution is 1.07. The van der Waals surface area contributed by atoms with Gasteiger partial charge in [0.25, 0.3) is 0 Å². The molecule has 0 spiro atoms. The van der Waals surface area contributed by atoms with E-state index in [4.69, 9.17) is 10.7 Å². The second-order valence-electron chi connectivity index (χ2n) is 15.8. The first-order chi connectivity index (χ1) is 30.7. The van der Waals surface area contributed by atoms with Crippen molar-refractivity contribution < 1.29 is 0 Å². The van der Waals surface area contributed by atoms with Crippen LogP contribution in [0.5, 0.6) is 0 Å². The van der Waals surface area contributed by atoms with Crippen molar-refractivity contribution >= 4 is 55.0 Å². The minimum absolute atomic E-state index is 0.559. The third-order valence-electron chi connectivity index (χ3n) is 12.0. The smallest absolute Gasteiger partial charge is 0.0671 e. The molecule has 0 radical (unpaired) electrons. The van der Waals surface area contributed by atoms with E-state index in [1.807, 2.05) is 54.6 Å². The molecule has 0 aliphatic heterocycles. The van der Waals surface area contributed by atoms with Gasteiger partial charge in [-0.1, -0.05) is 164 Å². The Kier molecular flexibility index (Phi) is 9.36. The van der Waals surface area contributed by atoms with E-state index in [2.05, 4.69) is 185 Å². The van der Waals surface area contributed by atoms with Crippen LogP contribution in [0.1, 0.15) is 16.7 Å². The van der Waals surface area contributed by atoms with E-state index in [0.29, 0.717) is 12.2 Å². The van der Waals surface area contributed by atoms with E-state index in [1.54, 1.807) is 0 Å². The van der Waals surface area contributed by atoms with Crippen molar-refractivity contribution in [1.82, 2.24) is 9.13 Å². The molecule has 11 aromatic rings. The third-order valence-corrected chi connectivity index (χ3v) is 12.0. The Morgan fingerprint density at radius 1 is 0.387 bits per heavy atom. The minimum Gasteiger partial charge on any atom is -0.398 e. The maximum absolute atomic E-state index is 6.66. The normalized spacial score (nSPS) is 12.2. The lowest BCUT2D eigenvalue weighted by atomic mass is 10.0. The molecule has 0 aliphatic carbocycles. The first-order valence-corrected chi connectivity index (χ1v) is 21.1. The first-order valence-electron chi connectivity index (χ1n) is 21.1. The van der Waals surface area contributed by atoms with Gasteiger partial charge in [0.2, 0.25) is 0 Å². The van der Waals surface area contributed by atoms with Crippen LogP contribution in [0.25, 0.3) is 82.9 Å². The summed E-state index contributed by atoms with van der Waals surface area (Å²) in [5.74, 6) is 0. The van der Waals surface area contributed by atoms with Crippen LogP contribution in [0.2, 0.25) is 0 Å². The van der Waals surface area contributed by atoms with Gasteiger partial charge in [-0.05, 0) is 106 Å². The summed E-state index contributed by atoms with van der Waals surface area (Å²) in [4.78, 5) is 5.08. The predicted molar refractivity (Wildman–Crippen MR) is 261 cm³/mol. The molecule has 4 nitrogen and oxygen atoms in total. The van der Waals surface area contributed by atoms with Crippen molar-refractivity contribution in [3.8, 4) is 33.6 Å². The van der Waals surface area contributed by atoms with Crippen molar-refractivity contribution in [2.45, 2.75) is 6.54 Å². The fourth-order valence-electron chi connectivity index (χ4n) is 8.92. The topological polar surface area (TPSA) is 48.2 Å². The van der Waals surface area contributed by atoms with Gasteiger partial charge < -0.3 is 14.9 Å². The summed E-state index contributed by atoms with van der Waals surface area (Å²) in [6.45, 7) is 0.559. The van der Waals surface area contributed by atoms with Crippen LogP contribution in [0.15, 0.2) is 236 Å². The van der Waals surface area contributed by atoms with Gasteiger partial charge in [0.1, 0.15) is 0 Å². The predicted octanol–water partition coefficient (Wildman–Crippen LogP) is 14.2. The van der Waals surface area contributed by atoms with Crippen LogP contribution in [-0.4, -0.2) is 14.8 Å². The van der Waals surface area contributed by atoms with Crippen molar-refractivity contribution in [3.63, 3.8) is 0 Å². The number of benzene rings is 9. The molecular weight excluding hydrogens is 753 g/mol. The summed E-state index contributed by atoms with van der Waals surface area (Å²) >= 11 is 0. The zero-order valence-electron chi connectivity index (χ0n) is 34.1. The SMILES string of the molecule is N/C(=C\C(=N/Cc1ccccc1)c1ccc(-n2c3ccccc3c3cc(-c4ccc5c(c4)c4ccccc4n5-c4ccc(-c5ccccc5)cc4)ccc32)cc1)c1ccccc1. The number of aliphatic imine (C=N–C) groups is 1. The monoisotopic (exact) mass is 794 g/mol. The Labute approximate surface area is 360 Å². The molecule has 0 unspecified atom stereocenters. The number of allylic oxidation sites excluding steroid dienone is 1. The van der Waals surface area contributed by atoms with E-state index in [1.165, 1.54) is 54.8 Å². The Bertz CT molecular complexity index is 3450. The number of hydrogen-bond acceptors (Lipinski definition) is 2. The highest BCUT2D eigenvalue weighted by atomic mass is 15.0. The van der Waals surface area contributed by atoms with Gasteiger partial charge in [0.15, 0.2) is 0 Å². The van der Waals surface area contributed by atoms with Crippen molar-refractivity contribution in [2.24, 2.45) is 10.7 Å². The number of nitrogens with zero attached hydrogens (tertiary/aromatic N) is 3. The van der Waals surface area contributed by atoms with E-state index in [0.717, 1.165) is 44.8 Å². The van der Waals surface area contributed by atoms with Crippen LogP contribution in [0, 0.1) is 0 Å². The van der Waals surface area contributed by atoms with Gasteiger partial charge in [0, 0.05) is 38.6 Å². The zero-order chi connectivity index (χ0) is 41.4. The van der Waals surface area contributed by atoms with Crippen molar-refractivity contribution in [3.05, 3.63) is 247 Å².